The highest BCUT2D eigenvalue weighted by Crippen LogP contribution is 2.41. The molecule has 0 aliphatic heterocycles. The first-order valence-electron chi connectivity index (χ1n) is 8.23. The molecule has 26 heavy (non-hydrogen) atoms. The molecule has 4 rings (SSSR count). The number of hydrogen-bond acceptors (Lipinski definition) is 5. The average molecular weight is 343 g/mol. The van der Waals surface area contributed by atoms with Crippen molar-refractivity contribution in [3.8, 4) is 0 Å². The first-order chi connectivity index (χ1) is 12.8. The van der Waals surface area contributed by atoms with Crippen molar-refractivity contribution in [2.75, 3.05) is 0 Å². The Balaban J connectivity index is 2.00. The molecule has 0 aliphatic rings. The maximum atomic E-state index is 12.1. The SMILES string of the molecule is OC(c1cccnc1)(c1cccnc1)C(c1ccccn1)n1cccn1. The highest BCUT2D eigenvalue weighted by molar-refractivity contribution is 5.38. The minimum atomic E-state index is -1.46. The second kappa shape index (κ2) is 6.85. The van der Waals surface area contributed by atoms with Gasteiger partial charge in [-0.25, -0.2) is 0 Å². The molecule has 0 bridgehead atoms. The molecular formula is C20H17N5O. The molecule has 0 aliphatic carbocycles. The number of aromatic nitrogens is 5. The van der Waals surface area contributed by atoms with Crippen LogP contribution in [0.1, 0.15) is 22.9 Å². The van der Waals surface area contributed by atoms with E-state index in [4.69, 9.17) is 0 Å². The maximum Gasteiger partial charge on any atom is 0.146 e. The summed E-state index contributed by atoms with van der Waals surface area (Å²) in [5.41, 5.74) is 0.507. The third kappa shape index (κ3) is 2.76. The lowest BCUT2D eigenvalue weighted by Crippen LogP contribution is -2.39. The number of rotatable bonds is 5. The van der Waals surface area contributed by atoms with E-state index in [9.17, 15) is 5.11 Å². The van der Waals surface area contributed by atoms with Crippen LogP contribution in [-0.4, -0.2) is 29.8 Å². The lowest BCUT2D eigenvalue weighted by atomic mass is 9.80. The van der Waals surface area contributed by atoms with E-state index in [-0.39, 0.29) is 0 Å². The molecule has 0 saturated heterocycles. The zero-order valence-electron chi connectivity index (χ0n) is 13.9. The molecular weight excluding hydrogens is 326 g/mol. The maximum absolute atomic E-state index is 12.1. The van der Waals surface area contributed by atoms with Gasteiger partial charge < -0.3 is 5.11 Å². The molecule has 0 spiro atoms. The lowest BCUT2D eigenvalue weighted by molar-refractivity contribution is 0.0314. The van der Waals surface area contributed by atoms with Gasteiger partial charge in [-0.15, -0.1) is 0 Å². The minimum Gasteiger partial charge on any atom is -0.378 e. The lowest BCUT2D eigenvalue weighted by Gasteiger charge is -2.36. The van der Waals surface area contributed by atoms with Gasteiger partial charge in [0.05, 0.1) is 5.69 Å². The Labute approximate surface area is 150 Å². The molecule has 6 heteroatoms. The predicted octanol–water partition coefficient (Wildman–Crippen LogP) is 2.59. The summed E-state index contributed by atoms with van der Waals surface area (Å²) in [6.07, 6.45) is 11.9. The second-order valence-corrected chi connectivity index (χ2v) is 5.89. The Bertz CT molecular complexity index is 904. The summed E-state index contributed by atoms with van der Waals surface area (Å²) < 4.78 is 1.71. The van der Waals surface area contributed by atoms with Gasteiger partial charge in [0.25, 0.3) is 0 Å². The van der Waals surface area contributed by atoms with Crippen molar-refractivity contribution >= 4 is 0 Å². The molecule has 6 nitrogen and oxygen atoms in total. The van der Waals surface area contributed by atoms with Gasteiger partial charge in [-0.1, -0.05) is 18.2 Å². The van der Waals surface area contributed by atoms with Gasteiger partial charge >= 0.3 is 0 Å². The van der Waals surface area contributed by atoms with E-state index in [2.05, 4.69) is 20.1 Å². The van der Waals surface area contributed by atoms with Crippen molar-refractivity contribution in [2.45, 2.75) is 11.6 Å². The molecule has 0 saturated carbocycles. The van der Waals surface area contributed by atoms with Crippen molar-refractivity contribution in [1.82, 2.24) is 24.7 Å². The molecule has 0 fully saturated rings. The fourth-order valence-corrected chi connectivity index (χ4v) is 3.17. The Morgan fingerprint density at radius 2 is 1.54 bits per heavy atom. The van der Waals surface area contributed by atoms with Crippen molar-refractivity contribution in [2.24, 2.45) is 0 Å². The largest absolute Gasteiger partial charge is 0.378 e. The Morgan fingerprint density at radius 1 is 0.808 bits per heavy atom. The van der Waals surface area contributed by atoms with E-state index in [0.717, 1.165) is 0 Å². The standard InChI is InChI=1S/C20H17N5O/c26-20(16-6-3-9-21-14-16,17-7-4-10-22-15-17)19(25-13-5-12-24-25)18-8-1-2-11-23-18/h1-15,19,26H. The van der Waals surface area contributed by atoms with Crippen LogP contribution in [0.15, 0.2) is 91.9 Å². The summed E-state index contributed by atoms with van der Waals surface area (Å²) in [6, 6.07) is 14.1. The fourth-order valence-electron chi connectivity index (χ4n) is 3.17. The van der Waals surface area contributed by atoms with E-state index in [1.54, 1.807) is 54.0 Å². The van der Waals surface area contributed by atoms with E-state index in [0.29, 0.717) is 16.8 Å². The predicted molar refractivity (Wildman–Crippen MR) is 96.1 cm³/mol. The first kappa shape index (κ1) is 16.1. The molecule has 0 aromatic carbocycles. The Kier molecular flexibility index (Phi) is 4.25. The molecule has 0 amide bonds. The third-order valence-corrected chi connectivity index (χ3v) is 4.36. The Hall–Kier alpha value is -3.38. The van der Waals surface area contributed by atoms with Gasteiger partial charge in [0, 0.05) is 54.5 Å². The van der Waals surface area contributed by atoms with Crippen LogP contribution in [0.2, 0.25) is 0 Å². The number of aliphatic hydroxyl groups is 1. The van der Waals surface area contributed by atoms with Crippen LogP contribution >= 0.6 is 0 Å². The normalized spacial score (nSPS) is 12.7. The fraction of sp³-hybridized carbons (Fsp3) is 0.100. The second-order valence-electron chi connectivity index (χ2n) is 5.89. The summed E-state index contributed by atoms with van der Waals surface area (Å²) in [5, 5.41) is 16.4. The third-order valence-electron chi connectivity index (χ3n) is 4.36. The van der Waals surface area contributed by atoms with Gasteiger partial charge in [-0.05, 0) is 30.3 Å². The van der Waals surface area contributed by atoms with Crippen molar-refractivity contribution in [3.05, 3.63) is 109 Å². The van der Waals surface area contributed by atoms with Gasteiger partial charge in [-0.2, -0.15) is 5.10 Å². The molecule has 4 aromatic heterocycles. The van der Waals surface area contributed by atoms with Crippen molar-refractivity contribution in [1.29, 1.82) is 0 Å². The quantitative estimate of drug-likeness (QED) is 0.603. The van der Waals surface area contributed by atoms with E-state index >= 15 is 0 Å². The molecule has 1 atom stereocenters. The van der Waals surface area contributed by atoms with Crippen LogP contribution in [-0.2, 0) is 5.60 Å². The van der Waals surface area contributed by atoms with E-state index in [1.807, 2.05) is 42.6 Å². The molecule has 1 N–H and O–H groups in total. The van der Waals surface area contributed by atoms with Crippen LogP contribution in [0.5, 0.6) is 0 Å². The summed E-state index contributed by atoms with van der Waals surface area (Å²) in [6.45, 7) is 0. The monoisotopic (exact) mass is 343 g/mol. The van der Waals surface area contributed by atoms with Gasteiger partial charge in [0.1, 0.15) is 11.6 Å². The highest BCUT2D eigenvalue weighted by Gasteiger charge is 2.44. The van der Waals surface area contributed by atoms with Crippen LogP contribution in [0.3, 0.4) is 0 Å². The topological polar surface area (TPSA) is 76.7 Å². The number of pyridine rings is 3. The van der Waals surface area contributed by atoms with Crippen LogP contribution in [0, 0.1) is 0 Å². The smallest absolute Gasteiger partial charge is 0.146 e. The molecule has 4 heterocycles. The summed E-state index contributed by atoms with van der Waals surface area (Å²) in [4.78, 5) is 12.9. The summed E-state index contributed by atoms with van der Waals surface area (Å²) >= 11 is 0. The van der Waals surface area contributed by atoms with Crippen LogP contribution in [0.25, 0.3) is 0 Å². The van der Waals surface area contributed by atoms with Gasteiger partial charge in [-0.3, -0.25) is 19.6 Å². The van der Waals surface area contributed by atoms with E-state index in [1.165, 1.54) is 0 Å². The summed E-state index contributed by atoms with van der Waals surface area (Å²) in [7, 11) is 0. The Morgan fingerprint density at radius 3 is 2.04 bits per heavy atom. The van der Waals surface area contributed by atoms with Crippen LogP contribution in [0.4, 0.5) is 0 Å². The summed E-state index contributed by atoms with van der Waals surface area (Å²) in [5.74, 6) is 0. The van der Waals surface area contributed by atoms with Crippen molar-refractivity contribution in [3.63, 3.8) is 0 Å². The number of hydrogen-bond donors (Lipinski definition) is 1. The number of nitrogens with zero attached hydrogens (tertiary/aromatic N) is 5. The highest BCUT2D eigenvalue weighted by atomic mass is 16.3. The van der Waals surface area contributed by atoms with Gasteiger partial charge in [0.15, 0.2) is 0 Å². The zero-order chi connectivity index (χ0) is 17.8. The molecule has 128 valence electrons. The molecule has 4 aromatic rings. The van der Waals surface area contributed by atoms with Gasteiger partial charge in [0.2, 0.25) is 0 Å². The average Bonchev–Trinajstić information content (AvgIpc) is 3.24. The molecule has 0 radical (unpaired) electrons. The molecule has 1 unspecified atom stereocenters. The van der Waals surface area contributed by atoms with Crippen LogP contribution < -0.4 is 0 Å². The van der Waals surface area contributed by atoms with Crippen molar-refractivity contribution < 1.29 is 5.11 Å². The zero-order valence-corrected chi connectivity index (χ0v) is 13.9. The minimum absolute atomic E-state index is 0.591. The van der Waals surface area contributed by atoms with E-state index < -0.39 is 11.6 Å². The first-order valence-corrected chi connectivity index (χ1v) is 8.23.